The minimum absolute atomic E-state index is 0.000472. The fourth-order valence-electron chi connectivity index (χ4n) is 1.52. The van der Waals surface area contributed by atoms with Gasteiger partial charge in [-0.05, 0) is 27.7 Å². The molecular formula is C11H20N2O4. The van der Waals surface area contributed by atoms with Crippen LogP contribution >= 0.6 is 0 Å². The topological polar surface area (TPSA) is 76.7 Å². The van der Waals surface area contributed by atoms with Crippen LogP contribution in [0, 0.1) is 0 Å². The molecule has 0 aliphatic carbocycles. The molecule has 0 radical (unpaired) electrons. The standard InChI is InChI=1S/C11H20N2O4/c1-6(2)12-10(14)8-9(17-5-16-8)11(15)13-7(3)4/h6-9H,5H2,1-4H3,(H,12,14)(H,13,15)/t8-,9-/m1/s1. The average molecular weight is 244 g/mol. The van der Waals surface area contributed by atoms with Crippen molar-refractivity contribution in [2.24, 2.45) is 0 Å². The third-order valence-corrected chi connectivity index (χ3v) is 2.15. The molecule has 6 nitrogen and oxygen atoms in total. The fourth-order valence-corrected chi connectivity index (χ4v) is 1.52. The highest BCUT2D eigenvalue weighted by Crippen LogP contribution is 2.14. The van der Waals surface area contributed by atoms with E-state index in [0.29, 0.717) is 0 Å². The second-order valence-corrected chi connectivity index (χ2v) is 4.62. The molecule has 1 rings (SSSR count). The van der Waals surface area contributed by atoms with E-state index in [1.54, 1.807) is 0 Å². The molecule has 1 fully saturated rings. The molecule has 0 saturated carbocycles. The summed E-state index contributed by atoms with van der Waals surface area (Å²) in [6, 6.07) is 0.000944. The summed E-state index contributed by atoms with van der Waals surface area (Å²) in [5.41, 5.74) is 0. The van der Waals surface area contributed by atoms with Crippen LogP contribution in [0.2, 0.25) is 0 Å². The van der Waals surface area contributed by atoms with E-state index in [9.17, 15) is 9.59 Å². The van der Waals surface area contributed by atoms with Crippen molar-refractivity contribution in [2.75, 3.05) is 6.79 Å². The highest BCUT2D eigenvalue weighted by atomic mass is 16.7. The van der Waals surface area contributed by atoms with Crippen LogP contribution in [-0.4, -0.2) is 42.9 Å². The number of ether oxygens (including phenoxy) is 2. The molecule has 2 N–H and O–H groups in total. The van der Waals surface area contributed by atoms with Gasteiger partial charge in [-0.15, -0.1) is 0 Å². The molecule has 1 aliphatic heterocycles. The third kappa shape index (κ3) is 3.98. The van der Waals surface area contributed by atoms with Gasteiger partial charge >= 0.3 is 0 Å². The van der Waals surface area contributed by atoms with Crippen LogP contribution in [0.15, 0.2) is 0 Å². The molecule has 6 heteroatoms. The Labute approximate surface area is 101 Å². The van der Waals surface area contributed by atoms with Gasteiger partial charge in [0.2, 0.25) is 0 Å². The number of carbonyl (C=O) groups is 2. The van der Waals surface area contributed by atoms with Crippen LogP contribution in [0.3, 0.4) is 0 Å². The van der Waals surface area contributed by atoms with Gasteiger partial charge in [-0.25, -0.2) is 0 Å². The third-order valence-electron chi connectivity index (χ3n) is 2.15. The molecule has 17 heavy (non-hydrogen) atoms. The van der Waals surface area contributed by atoms with Gasteiger partial charge < -0.3 is 20.1 Å². The summed E-state index contributed by atoms with van der Waals surface area (Å²) < 4.78 is 10.3. The number of nitrogens with one attached hydrogen (secondary N) is 2. The number of rotatable bonds is 4. The van der Waals surface area contributed by atoms with Crippen molar-refractivity contribution in [1.29, 1.82) is 0 Å². The summed E-state index contributed by atoms with van der Waals surface area (Å²) in [6.45, 7) is 7.34. The van der Waals surface area contributed by atoms with Gasteiger partial charge in [0, 0.05) is 12.1 Å². The Hall–Kier alpha value is -1.14. The number of hydrogen-bond donors (Lipinski definition) is 2. The minimum Gasteiger partial charge on any atom is -0.352 e. The van der Waals surface area contributed by atoms with Crippen LogP contribution in [0.1, 0.15) is 27.7 Å². The SMILES string of the molecule is CC(C)NC(=O)[C@@H]1OCO[C@H]1C(=O)NC(C)C. The van der Waals surface area contributed by atoms with Crippen LogP contribution in [0.4, 0.5) is 0 Å². The first kappa shape index (κ1) is 13.9. The zero-order valence-corrected chi connectivity index (χ0v) is 10.6. The second-order valence-electron chi connectivity index (χ2n) is 4.62. The van der Waals surface area contributed by atoms with Gasteiger partial charge in [0.25, 0.3) is 11.8 Å². The number of carbonyl (C=O) groups excluding carboxylic acids is 2. The maximum Gasteiger partial charge on any atom is 0.252 e. The lowest BCUT2D eigenvalue weighted by molar-refractivity contribution is -0.138. The van der Waals surface area contributed by atoms with Crippen molar-refractivity contribution < 1.29 is 19.1 Å². The molecule has 98 valence electrons. The van der Waals surface area contributed by atoms with Gasteiger partial charge in [0.1, 0.15) is 6.79 Å². The van der Waals surface area contributed by atoms with E-state index in [0.717, 1.165) is 0 Å². The Kier molecular flexibility index (Phi) is 4.89. The van der Waals surface area contributed by atoms with E-state index in [4.69, 9.17) is 9.47 Å². The van der Waals surface area contributed by atoms with Crippen molar-refractivity contribution in [3.8, 4) is 0 Å². The second kappa shape index (κ2) is 5.97. The maximum atomic E-state index is 11.8. The van der Waals surface area contributed by atoms with E-state index in [1.807, 2.05) is 27.7 Å². The number of amides is 2. The molecule has 0 unspecified atom stereocenters. The smallest absolute Gasteiger partial charge is 0.252 e. The molecule has 0 aromatic heterocycles. The van der Waals surface area contributed by atoms with E-state index in [-0.39, 0.29) is 30.7 Å². The average Bonchev–Trinajstić information content (AvgIpc) is 2.63. The van der Waals surface area contributed by atoms with E-state index in [2.05, 4.69) is 10.6 Å². The lowest BCUT2D eigenvalue weighted by Gasteiger charge is -2.18. The first-order valence-electron chi connectivity index (χ1n) is 5.75. The molecule has 1 saturated heterocycles. The van der Waals surface area contributed by atoms with E-state index >= 15 is 0 Å². The first-order valence-corrected chi connectivity index (χ1v) is 5.75. The monoisotopic (exact) mass is 244 g/mol. The van der Waals surface area contributed by atoms with Crippen LogP contribution in [0.25, 0.3) is 0 Å². The number of hydrogen-bond acceptors (Lipinski definition) is 4. The van der Waals surface area contributed by atoms with Crippen molar-refractivity contribution in [1.82, 2.24) is 10.6 Å². The summed E-state index contributed by atoms with van der Waals surface area (Å²) in [5, 5.41) is 5.40. The molecular weight excluding hydrogens is 224 g/mol. The van der Waals surface area contributed by atoms with Gasteiger partial charge in [0.15, 0.2) is 12.2 Å². The summed E-state index contributed by atoms with van der Waals surface area (Å²) in [4.78, 5) is 23.5. The summed E-state index contributed by atoms with van der Waals surface area (Å²) >= 11 is 0. The van der Waals surface area contributed by atoms with Crippen LogP contribution in [-0.2, 0) is 19.1 Å². The Morgan fingerprint density at radius 1 is 0.941 bits per heavy atom. The fraction of sp³-hybridized carbons (Fsp3) is 0.818. The predicted octanol–water partition coefficient (Wildman–Crippen LogP) is -0.223. The zero-order valence-electron chi connectivity index (χ0n) is 10.6. The van der Waals surface area contributed by atoms with Crippen molar-refractivity contribution in [3.05, 3.63) is 0 Å². The predicted molar refractivity (Wildman–Crippen MR) is 61.2 cm³/mol. The van der Waals surface area contributed by atoms with Gasteiger partial charge in [-0.2, -0.15) is 0 Å². The molecule has 1 aliphatic rings. The zero-order chi connectivity index (χ0) is 13.0. The van der Waals surface area contributed by atoms with Crippen molar-refractivity contribution >= 4 is 11.8 Å². The van der Waals surface area contributed by atoms with Gasteiger partial charge in [-0.3, -0.25) is 9.59 Å². The molecule has 2 atom stereocenters. The molecule has 2 amide bonds. The molecule has 0 spiro atoms. The van der Waals surface area contributed by atoms with Crippen molar-refractivity contribution in [3.63, 3.8) is 0 Å². The van der Waals surface area contributed by atoms with Gasteiger partial charge in [-0.1, -0.05) is 0 Å². The van der Waals surface area contributed by atoms with Gasteiger partial charge in [0.05, 0.1) is 0 Å². The normalized spacial score (nSPS) is 24.1. The largest absolute Gasteiger partial charge is 0.352 e. The van der Waals surface area contributed by atoms with Crippen LogP contribution < -0.4 is 10.6 Å². The molecule has 0 bridgehead atoms. The van der Waals surface area contributed by atoms with Crippen molar-refractivity contribution in [2.45, 2.75) is 52.0 Å². The quantitative estimate of drug-likeness (QED) is 0.716. The molecule has 1 heterocycles. The lowest BCUT2D eigenvalue weighted by atomic mass is 10.1. The summed E-state index contributed by atoms with van der Waals surface area (Å²) in [5.74, 6) is -0.636. The molecule has 0 aromatic rings. The Morgan fingerprint density at radius 2 is 1.29 bits per heavy atom. The molecule has 0 aromatic carbocycles. The summed E-state index contributed by atoms with van der Waals surface area (Å²) in [7, 11) is 0. The Balaban J connectivity index is 2.59. The summed E-state index contributed by atoms with van der Waals surface area (Å²) in [6.07, 6.45) is -1.73. The maximum absolute atomic E-state index is 11.8. The lowest BCUT2D eigenvalue weighted by Crippen LogP contribution is -2.50. The highest BCUT2D eigenvalue weighted by Gasteiger charge is 2.40. The highest BCUT2D eigenvalue weighted by molar-refractivity contribution is 5.91. The Bertz CT molecular complexity index is 263. The Morgan fingerprint density at radius 3 is 1.59 bits per heavy atom. The van der Waals surface area contributed by atoms with Crippen LogP contribution in [0.5, 0.6) is 0 Å². The van der Waals surface area contributed by atoms with E-state index < -0.39 is 12.2 Å². The first-order chi connectivity index (χ1) is 7.91. The van der Waals surface area contributed by atoms with E-state index in [1.165, 1.54) is 0 Å². The minimum atomic E-state index is -0.865.